The minimum atomic E-state index is -0.820. The van der Waals surface area contributed by atoms with Crippen molar-refractivity contribution in [1.82, 2.24) is 9.80 Å². The van der Waals surface area contributed by atoms with E-state index in [0.717, 1.165) is 13.0 Å². The summed E-state index contributed by atoms with van der Waals surface area (Å²) in [5.74, 6) is 0. The summed E-state index contributed by atoms with van der Waals surface area (Å²) in [5.41, 5.74) is 0. The standard InChI is InChI=1S/C11H21FN2O/c1-3-14(7-8-15)11-9-13(2)6-4-5-10(11)12/h3,10-11,15H,1,4-9H2,2H3. The third kappa shape index (κ3) is 3.47. The quantitative estimate of drug-likeness (QED) is 0.755. The second-order valence-electron chi connectivity index (χ2n) is 4.13. The van der Waals surface area contributed by atoms with Crippen LogP contribution in [0.2, 0.25) is 0 Å². The molecule has 3 nitrogen and oxygen atoms in total. The van der Waals surface area contributed by atoms with E-state index in [2.05, 4.69) is 11.5 Å². The smallest absolute Gasteiger partial charge is 0.122 e. The lowest BCUT2D eigenvalue weighted by atomic mass is 10.1. The molecule has 0 amide bonds. The minimum absolute atomic E-state index is 0.0406. The second kappa shape index (κ2) is 6.08. The molecule has 1 saturated heterocycles. The van der Waals surface area contributed by atoms with Crippen LogP contribution in [0.5, 0.6) is 0 Å². The van der Waals surface area contributed by atoms with E-state index in [4.69, 9.17) is 5.11 Å². The van der Waals surface area contributed by atoms with Gasteiger partial charge in [-0.15, -0.1) is 0 Å². The first kappa shape index (κ1) is 12.5. The van der Waals surface area contributed by atoms with Crippen LogP contribution in [0.1, 0.15) is 12.8 Å². The van der Waals surface area contributed by atoms with Gasteiger partial charge in [0.15, 0.2) is 0 Å². The van der Waals surface area contributed by atoms with Gasteiger partial charge in [-0.05, 0) is 32.6 Å². The fourth-order valence-electron chi connectivity index (χ4n) is 2.09. The van der Waals surface area contributed by atoms with Crippen LogP contribution in [0.15, 0.2) is 12.8 Å². The predicted molar refractivity (Wildman–Crippen MR) is 59.4 cm³/mol. The lowest BCUT2D eigenvalue weighted by molar-refractivity contribution is 0.115. The lowest BCUT2D eigenvalue weighted by Crippen LogP contribution is -2.45. The molecule has 1 rings (SSSR count). The SMILES string of the molecule is C=CN(CCO)C1CN(C)CCCC1F. The Morgan fingerprint density at radius 3 is 3.00 bits per heavy atom. The molecule has 0 aromatic carbocycles. The van der Waals surface area contributed by atoms with Gasteiger partial charge in [-0.2, -0.15) is 0 Å². The van der Waals surface area contributed by atoms with Crippen LogP contribution in [0, 0.1) is 0 Å². The van der Waals surface area contributed by atoms with Crippen LogP contribution >= 0.6 is 0 Å². The van der Waals surface area contributed by atoms with Gasteiger partial charge in [-0.3, -0.25) is 0 Å². The molecule has 2 atom stereocenters. The summed E-state index contributed by atoms with van der Waals surface area (Å²) in [7, 11) is 2.01. The summed E-state index contributed by atoms with van der Waals surface area (Å²) in [6.45, 7) is 5.82. The maximum absolute atomic E-state index is 13.8. The molecule has 0 aliphatic carbocycles. The molecular weight excluding hydrogens is 195 g/mol. The van der Waals surface area contributed by atoms with Gasteiger partial charge in [-0.1, -0.05) is 6.58 Å². The zero-order chi connectivity index (χ0) is 11.3. The Balaban J connectivity index is 2.64. The molecule has 1 heterocycles. The number of alkyl halides is 1. The van der Waals surface area contributed by atoms with Gasteiger partial charge in [0, 0.05) is 13.1 Å². The fraction of sp³-hybridized carbons (Fsp3) is 0.818. The maximum atomic E-state index is 13.8. The Bertz CT molecular complexity index is 201. The number of likely N-dealkylation sites (tertiary alicyclic amines) is 1. The van der Waals surface area contributed by atoms with Crippen molar-refractivity contribution in [2.75, 3.05) is 33.3 Å². The van der Waals surface area contributed by atoms with E-state index in [1.165, 1.54) is 0 Å². The van der Waals surface area contributed by atoms with Gasteiger partial charge < -0.3 is 14.9 Å². The van der Waals surface area contributed by atoms with Crippen LogP contribution in [0.4, 0.5) is 4.39 Å². The Kier molecular flexibility index (Phi) is 5.05. The molecule has 15 heavy (non-hydrogen) atoms. The van der Waals surface area contributed by atoms with Gasteiger partial charge in [-0.25, -0.2) is 4.39 Å². The van der Waals surface area contributed by atoms with Crippen LogP contribution in [0.3, 0.4) is 0 Å². The number of nitrogens with zero attached hydrogens (tertiary/aromatic N) is 2. The molecule has 2 unspecified atom stereocenters. The third-order valence-corrected chi connectivity index (χ3v) is 2.95. The Hall–Kier alpha value is -0.610. The molecule has 1 aliphatic heterocycles. The van der Waals surface area contributed by atoms with E-state index >= 15 is 0 Å². The molecule has 0 saturated carbocycles. The zero-order valence-electron chi connectivity index (χ0n) is 9.40. The van der Waals surface area contributed by atoms with Gasteiger partial charge in [0.05, 0.1) is 12.6 Å². The average Bonchev–Trinajstić information content (AvgIpc) is 2.37. The third-order valence-electron chi connectivity index (χ3n) is 2.95. The molecular formula is C11H21FN2O. The first-order valence-electron chi connectivity index (χ1n) is 5.50. The van der Waals surface area contributed by atoms with Crippen LogP contribution < -0.4 is 0 Å². The number of rotatable bonds is 4. The van der Waals surface area contributed by atoms with Crippen molar-refractivity contribution < 1.29 is 9.50 Å². The first-order valence-corrected chi connectivity index (χ1v) is 5.50. The average molecular weight is 216 g/mol. The number of halogens is 1. The number of aliphatic hydroxyl groups is 1. The van der Waals surface area contributed by atoms with Gasteiger partial charge >= 0.3 is 0 Å². The highest BCUT2D eigenvalue weighted by Gasteiger charge is 2.28. The van der Waals surface area contributed by atoms with E-state index in [1.54, 1.807) is 6.20 Å². The Labute approximate surface area is 91.2 Å². The molecule has 0 aromatic rings. The second-order valence-corrected chi connectivity index (χ2v) is 4.13. The molecule has 4 heteroatoms. The van der Waals surface area contributed by atoms with Crippen molar-refractivity contribution in [3.8, 4) is 0 Å². The normalized spacial score (nSPS) is 28.5. The molecule has 0 radical (unpaired) electrons. The van der Waals surface area contributed by atoms with Crippen LogP contribution in [-0.2, 0) is 0 Å². The highest BCUT2D eigenvalue weighted by molar-refractivity contribution is 4.89. The zero-order valence-corrected chi connectivity index (χ0v) is 9.40. The topological polar surface area (TPSA) is 26.7 Å². The highest BCUT2D eigenvalue weighted by atomic mass is 19.1. The van der Waals surface area contributed by atoms with Crippen molar-refractivity contribution >= 4 is 0 Å². The molecule has 1 fully saturated rings. The number of hydrogen-bond acceptors (Lipinski definition) is 3. The maximum Gasteiger partial charge on any atom is 0.122 e. The van der Waals surface area contributed by atoms with Crippen molar-refractivity contribution in [1.29, 1.82) is 0 Å². The van der Waals surface area contributed by atoms with Crippen molar-refractivity contribution in [3.05, 3.63) is 12.8 Å². The van der Waals surface area contributed by atoms with Crippen molar-refractivity contribution in [2.24, 2.45) is 0 Å². The van der Waals surface area contributed by atoms with Crippen molar-refractivity contribution in [2.45, 2.75) is 25.1 Å². The number of likely N-dealkylation sites (N-methyl/N-ethyl adjacent to an activating group) is 1. The lowest BCUT2D eigenvalue weighted by Gasteiger charge is -2.32. The molecule has 1 aliphatic rings. The number of hydrogen-bond donors (Lipinski definition) is 1. The van der Waals surface area contributed by atoms with Crippen LogP contribution in [0.25, 0.3) is 0 Å². The fourth-order valence-corrected chi connectivity index (χ4v) is 2.09. The molecule has 0 aromatic heterocycles. The van der Waals surface area contributed by atoms with Gasteiger partial charge in [0.25, 0.3) is 0 Å². The Morgan fingerprint density at radius 1 is 1.67 bits per heavy atom. The molecule has 1 N–H and O–H groups in total. The summed E-state index contributed by atoms with van der Waals surface area (Å²) in [6.07, 6.45) is 2.31. The molecule has 0 spiro atoms. The van der Waals surface area contributed by atoms with Gasteiger partial charge in [0.2, 0.25) is 0 Å². The predicted octanol–water partition coefficient (Wildman–Crippen LogP) is 0.857. The summed E-state index contributed by atoms with van der Waals surface area (Å²) in [6, 6.07) is -0.165. The number of aliphatic hydroxyl groups excluding tert-OH is 1. The van der Waals surface area contributed by atoms with E-state index in [0.29, 0.717) is 19.5 Å². The van der Waals surface area contributed by atoms with Crippen molar-refractivity contribution in [3.63, 3.8) is 0 Å². The first-order chi connectivity index (χ1) is 7.19. The monoisotopic (exact) mass is 216 g/mol. The summed E-state index contributed by atoms with van der Waals surface area (Å²) in [5, 5.41) is 8.90. The van der Waals surface area contributed by atoms with E-state index in [-0.39, 0.29) is 12.6 Å². The molecule has 0 bridgehead atoms. The largest absolute Gasteiger partial charge is 0.395 e. The van der Waals surface area contributed by atoms with E-state index in [9.17, 15) is 4.39 Å². The summed E-state index contributed by atoms with van der Waals surface area (Å²) in [4.78, 5) is 3.95. The summed E-state index contributed by atoms with van der Waals surface area (Å²) >= 11 is 0. The van der Waals surface area contributed by atoms with E-state index in [1.807, 2.05) is 11.9 Å². The summed E-state index contributed by atoms with van der Waals surface area (Å²) < 4.78 is 13.8. The highest BCUT2D eigenvalue weighted by Crippen LogP contribution is 2.18. The van der Waals surface area contributed by atoms with E-state index < -0.39 is 6.17 Å². The minimum Gasteiger partial charge on any atom is -0.395 e. The van der Waals surface area contributed by atoms with Gasteiger partial charge in [0.1, 0.15) is 6.17 Å². The Morgan fingerprint density at radius 2 is 2.40 bits per heavy atom. The van der Waals surface area contributed by atoms with Crippen LogP contribution in [-0.4, -0.2) is 60.4 Å². The molecule has 88 valence electrons.